The van der Waals surface area contributed by atoms with Crippen molar-refractivity contribution < 1.29 is 65.0 Å². The Bertz CT molecular complexity index is 1780. The number of amidine groups is 1. The molecule has 0 atom stereocenters. The number of benzene rings is 2. The zero-order valence-electron chi connectivity index (χ0n) is 25.0. The Hall–Kier alpha value is -5.94. The molecule has 48 heavy (non-hydrogen) atoms. The number of nitrogens with one attached hydrogen (secondary N) is 2. The molecule has 2 heterocycles. The predicted molar refractivity (Wildman–Crippen MR) is 153 cm³/mol. The predicted octanol–water partition coefficient (Wildman–Crippen LogP) is 2.45. The third-order valence-electron chi connectivity index (χ3n) is 6.13. The van der Waals surface area contributed by atoms with E-state index in [1.807, 2.05) is 66.5 Å². The van der Waals surface area contributed by atoms with Gasteiger partial charge in [-0.2, -0.15) is 26.3 Å². The molecule has 1 amide bonds. The van der Waals surface area contributed by atoms with Crippen molar-refractivity contribution >= 4 is 40.6 Å². The molecule has 0 spiro atoms. The molecule has 0 aliphatic carbocycles. The van der Waals surface area contributed by atoms with Gasteiger partial charge in [-0.1, -0.05) is 36.4 Å². The molecule has 18 heteroatoms. The highest BCUT2D eigenvalue weighted by molar-refractivity contribution is 6.14. The Balaban J connectivity index is 0.000000479. The summed E-state index contributed by atoms with van der Waals surface area (Å²) in [7, 11) is 3.22. The van der Waals surface area contributed by atoms with E-state index in [0.717, 1.165) is 16.6 Å². The number of rotatable bonds is 7. The highest BCUT2D eigenvalue weighted by atomic mass is 19.4. The largest absolute Gasteiger partial charge is 0.542 e. The number of carboxylic acids is 2. The van der Waals surface area contributed by atoms with Crippen molar-refractivity contribution in [2.24, 2.45) is 12.8 Å². The molecule has 2 aromatic heterocycles. The van der Waals surface area contributed by atoms with Gasteiger partial charge in [0.2, 0.25) is 0 Å². The number of esters is 1. The molecular formula is C30H27F6N5O7. The molecule has 0 saturated carbocycles. The molecule has 5 N–H and O–H groups in total. The van der Waals surface area contributed by atoms with Crippen LogP contribution in [0.4, 0.5) is 26.3 Å². The number of fused-ring (bicyclic) bond motifs is 1. The molecule has 0 aliphatic heterocycles. The zero-order chi connectivity index (χ0) is 36.4. The van der Waals surface area contributed by atoms with Crippen LogP contribution in [0.3, 0.4) is 0 Å². The van der Waals surface area contributed by atoms with Gasteiger partial charge in [-0.05, 0) is 23.3 Å². The summed E-state index contributed by atoms with van der Waals surface area (Å²) in [5.41, 5.74) is 9.20. The van der Waals surface area contributed by atoms with Gasteiger partial charge in [0, 0.05) is 41.7 Å². The number of nitrogen functional groups attached to an aromatic ring is 1. The number of carboxylic acid groups (broad SMARTS) is 2. The first-order valence-electron chi connectivity index (χ1n) is 13.2. The van der Waals surface area contributed by atoms with E-state index in [1.165, 1.54) is 7.11 Å². The van der Waals surface area contributed by atoms with Gasteiger partial charge in [-0.3, -0.25) is 10.2 Å². The molecule has 256 valence electrons. The number of nitrogens with two attached hydrogens (primary N) is 1. The number of aryl methyl sites for hydroxylation is 1. The molecule has 4 rings (SSSR count). The van der Waals surface area contributed by atoms with E-state index >= 15 is 0 Å². The number of methoxy groups -OCH3 is 1. The second-order valence-electron chi connectivity index (χ2n) is 9.58. The fourth-order valence-electron chi connectivity index (χ4n) is 3.95. The molecule has 0 aliphatic rings. The normalized spacial score (nSPS) is 10.9. The summed E-state index contributed by atoms with van der Waals surface area (Å²) in [4.78, 5) is 44.0. The second kappa shape index (κ2) is 16.1. The summed E-state index contributed by atoms with van der Waals surface area (Å²) < 4.78 is 72.0. The van der Waals surface area contributed by atoms with Crippen molar-refractivity contribution in [3.63, 3.8) is 0 Å². The fourth-order valence-corrected chi connectivity index (χ4v) is 3.95. The highest BCUT2D eigenvalue weighted by Crippen LogP contribution is 2.28. The van der Waals surface area contributed by atoms with E-state index in [0.29, 0.717) is 24.0 Å². The summed E-state index contributed by atoms with van der Waals surface area (Å²) in [6, 6.07) is 18.5. The van der Waals surface area contributed by atoms with Crippen LogP contribution < -0.4 is 20.7 Å². The van der Waals surface area contributed by atoms with Crippen molar-refractivity contribution in [2.45, 2.75) is 25.4 Å². The topological polar surface area (TPSA) is 192 Å². The van der Waals surface area contributed by atoms with Gasteiger partial charge in [-0.15, -0.1) is 0 Å². The maximum absolute atomic E-state index is 13.5. The van der Waals surface area contributed by atoms with Gasteiger partial charge in [0.15, 0.2) is 12.4 Å². The van der Waals surface area contributed by atoms with Crippen LogP contribution in [0.5, 0.6) is 0 Å². The summed E-state index contributed by atoms with van der Waals surface area (Å²) in [5.74, 6) is -6.76. The molecular weight excluding hydrogens is 656 g/mol. The van der Waals surface area contributed by atoms with Crippen LogP contribution in [-0.2, 0) is 34.5 Å². The Morgan fingerprint density at radius 2 is 1.52 bits per heavy atom. The summed E-state index contributed by atoms with van der Waals surface area (Å²) >= 11 is 0. The third kappa shape index (κ3) is 10.6. The minimum absolute atomic E-state index is 0.0382. The van der Waals surface area contributed by atoms with E-state index in [4.69, 9.17) is 35.7 Å². The van der Waals surface area contributed by atoms with Crippen LogP contribution in [0, 0.1) is 5.41 Å². The van der Waals surface area contributed by atoms with Crippen LogP contribution in [0.25, 0.3) is 10.9 Å². The average molecular weight is 684 g/mol. The van der Waals surface area contributed by atoms with E-state index in [2.05, 4.69) is 5.32 Å². The van der Waals surface area contributed by atoms with Crippen molar-refractivity contribution in [3.05, 3.63) is 101 Å². The van der Waals surface area contributed by atoms with Gasteiger partial charge in [-0.25, -0.2) is 14.2 Å². The third-order valence-corrected chi connectivity index (χ3v) is 6.13. The van der Waals surface area contributed by atoms with E-state index in [-0.39, 0.29) is 23.0 Å². The Kier molecular flexibility index (Phi) is 12.8. The van der Waals surface area contributed by atoms with Gasteiger partial charge in [0.1, 0.15) is 24.5 Å². The number of hydrogen-bond donors (Lipinski definition) is 4. The van der Waals surface area contributed by atoms with Gasteiger partial charge >= 0.3 is 24.3 Å². The molecule has 2 aromatic carbocycles. The van der Waals surface area contributed by atoms with Gasteiger partial charge in [0.25, 0.3) is 5.91 Å². The SMILES string of the molecule is COC(=O)c1c(C(=O)NCc2cc[n+](C)cc2)n(Cc2cccc(C(=N)N)c2)c2ccccc12.O=C(O)C(F)(F)F.O=C([O-])C(F)(F)F. The number of ether oxygens (including phenoxy) is 1. The smallest absolute Gasteiger partial charge is 0.490 e. The van der Waals surface area contributed by atoms with Gasteiger partial charge < -0.3 is 35.4 Å². The Morgan fingerprint density at radius 1 is 0.958 bits per heavy atom. The average Bonchev–Trinajstić information content (AvgIpc) is 3.34. The first kappa shape index (κ1) is 38.2. The lowest BCUT2D eigenvalue weighted by Crippen LogP contribution is -2.37. The number of amides is 1. The number of pyridine rings is 1. The fraction of sp³-hybridized carbons (Fsp3) is 0.200. The van der Waals surface area contributed by atoms with Crippen LogP contribution in [-0.4, -0.2) is 58.8 Å². The van der Waals surface area contributed by atoms with Crippen molar-refractivity contribution in [2.75, 3.05) is 7.11 Å². The number of hydrogen-bond acceptors (Lipinski definition) is 7. The van der Waals surface area contributed by atoms with Crippen LogP contribution in [0.2, 0.25) is 0 Å². The summed E-state index contributed by atoms with van der Waals surface area (Å²) in [6.45, 7) is 0.615. The monoisotopic (exact) mass is 683 g/mol. The molecule has 0 saturated heterocycles. The molecule has 0 fully saturated rings. The van der Waals surface area contributed by atoms with E-state index in [1.54, 1.807) is 22.8 Å². The van der Waals surface area contributed by atoms with Crippen LogP contribution in [0.1, 0.15) is 37.5 Å². The maximum Gasteiger partial charge on any atom is 0.490 e. The number of carbonyl (C=O) groups is 4. The molecule has 4 aromatic rings. The van der Waals surface area contributed by atoms with Crippen molar-refractivity contribution in [1.29, 1.82) is 5.41 Å². The maximum atomic E-state index is 13.5. The lowest BCUT2D eigenvalue weighted by Gasteiger charge is -2.13. The summed E-state index contributed by atoms with van der Waals surface area (Å²) in [6.07, 6.45) is -6.47. The molecule has 0 radical (unpaired) electrons. The van der Waals surface area contributed by atoms with E-state index < -0.39 is 30.3 Å². The number of aliphatic carboxylic acids is 2. The lowest BCUT2D eigenvalue weighted by atomic mass is 10.1. The number of nitrogens with zero attached hydrogens (tertiary/aromatic N) is 2. The van der Waals surface area contributed by atoms with Crippen molar-refractivity contribution in [3.8, 4) is 0 Å². The summed E-state index contributed by atoms with van der Waals surface area (Å²) in [5, 5.41) is 27.2. The number of halogens is 6. The quantitative estimate of drug-likeness (QED) is 0.0751. The molecule has 0 bridgehead atoms. The lowest BCUT2D eigenvalue weighted by molar-refractivity contribution is -0.671. The standard InChI is InChI=1S/C26H25N5O3.2C2HF3O2/c1-30-12-10-17(11-13-30)15-29-25(32)23-22(26(33)34-2)20-8-3-4-9-21(20)31(23)16-18-6-5-7-19(14-18)24(27)28;2*3-2(4,5)1(6)7/h3-14H,15-16H2,1-2H3,(H3-,27,28,29,32);2*(H,6,7). The number of carbonyl (C=O) groups excluding carboxylic acids is 3. The number of aromatic nitrogens is 2. The van der Waals surface area contributed by atoms with Crippen LogP contribution in [0.15, 0.2) is 73.1 Å². The molecule has 0 unspecified atom stereocenters. The second-order valence-corrected chi connectivity index (χ2v) is 9.58. The number of para-hydroxylation sites is 1. The van der Waals surface area contributed by atoms with Crippen molar-refractivity contribution in [1.82, 2.24) is 9.88 Å². The van der Waals surface area contributed by atoms with E-state index in [9.17, 15) is 35.9 Å². The minimum atomic E-state index is -5.19. The Labute approximate surface area is 267 Å². The number of alkyl halides is 6. The first-order valence-corrected chi connectivity index (χ1v) is 13.2. The first-order chi connectivity index (χ1) is 22.3. The minimum Gasteiger partial charge on any atom is -0.542 e. The van der Waals surface area contributed by atoms with Crippen LogP contribution >= 0.6 is 0 Å². The zero-order valence-corrected chi connectivity index (χ0v) is 25.0. The Morgan fingerprint density at radius 3 is 2.02 bits per heavy atom. The molecule has 12 nitrogen and oxygen atoms in total. The highest BCUT2D eigenvalue weighted by Gasteiger charge is 2.38. The van der Waals surface area contributed by atoms with Gasteiger partial charge in [0.05, 0.1) is 12.7 Å².